The average Bonchev–Trinajstić information content (AvgIpc) is 2.75. The molecule has 0 bridgehead atoms. The first-order chi connectivity index (χ1) is 15.1. The van der Waals surface area contributed by atoms with Gasteiger partial charge in [-0.3, -0.25) is 0 Å². The number of carboxylic acids is 1. The maximum atomic E-state index is 11.5. The van der Waals surface area contributed by atoms with Gasteiger partial charge in [-0.1, -0.05) is 109 Å². The number of carbonyl (C=O) groups is 1. The van der Waals surface area contributed by atoms with Gasteiger partial charge in [0.1, 0.15) is 9.32 Å². The van der Waals surface area contributed by atoms with Crippen molar-refractivity contribution in [1.82, 2.24) is 0 Å². The lowest BCUT2D eigenvalue weighted by Gasteiger charge is -2.09. The van der Waals surface area contributed by atoms with E-state index in [4.69, 9.17) is 9.84 Å². The van der Waals surface area contributed by atoms with Crippen molar-refractivity contribution in [3.63, 3.8) is 0 Å². The van der Waals surface area contributed by atoms with Crippen LogP contribution >= 0.6 is 19.8 Å². The average molecular weight is 549 g/mol. The van der Waals surface area contributed by atoms with Gasteiger partial charge in [0.05, 0.1) is 12.2 Å². The van der Waals surface area contributed by atoms with Crippen LogP contribution < -0.4 is 4.74 Å². The van der Waals surface area contributed by atoms with E-state index < -0.39 is 25.8 Å². The summed E-state index contributed by atoms with van der Waals surface area (Å²) in [5.74, 6) is -1.06. The second-order valence-electron chi connectivity index (χ2n) is 8.29. The Bertz CT molecular complexity index is 676. The molecule has 1 aromatic rings. The van der Waals surface area contributed by atoms with Crippen LogP contribution in [0.4, 0.5) is 0 Å². The van der Waals surface area contributed by atoms with Crippen LogP contribution in [0.5, 0.6) is 5.75 Å². The molecule has 1 rings (SSSR count). The zero-order chi connectivity index (χ0) is 22.7. The second-order valence-corrected chi connectivity index (χ2v) is 10.6. The van der Waals surface area contributed by atoms with E-state index >= 15 is 0 Å². The first-order valence-electron chi connectivity index (χ1n) is 12.1. The summed E-state index contributed by atoms with van der Waals surface area (Å²) >= 11 is -3.95. The minimum Gasteiger partial charge on any atom is -0.492 e. The van der Waals surface area contributed by atoms with E-state index in [-0.39, 0.29) is 14.9 Å². The number of hydrogen-bond donors (Lipinski definition) is 1. The molecule has 0 aromatic heterocycles. The van der Waals surface area contributed by atoms with Crippen LogP contribution in [0.25, 0.3) is 0 Å². The molecule has 1 N–H and O–H groups in total. The summed E-state index contributed by atoms with van der Waals surface area (Å²) < 4.78 is 28.5. The number of hydrogen-bond acceptors (Lipinski definition) is 4. The van der Waals surface area contributed by atoms with Crippen LogP contribution in [0.1, 0.15) is 120 Å². The minimum atomic E-state index is -3.95. The Kier molecular flexibility index (Phi) is 16.5. The summed E-state index contributed by atoms with van der Waals surface area (Å²) in [6.45, 7) is 2.68. The van der Waals surface area contributed by atoms with Crippen LogP contribution in [0, 0.1) is 3.57 Å². The maximum Gasteiger partial charge on any atom is 0.345 e. The molecule has 0 heterocycles. The molecule has 0 spiro atoms. The van der Waals surface area contributed by atoms with E-state index in [9.17, 15) is 10.9 Å². The van der Waals surface area contributed by atoms with Gasteiger partial charge in [0, 0.05) is 0 Å². The molecule has 0 radical (unpaired) electrons. The predicted molar refractivity (Wildman–Crippen MR) is 133 cm³/mol. The molecule has 0 atom stereocenters. The molecule has 0 aliphatic heterocycles. The smallest absolute Gasteiger partial charge is 0.345 e. The molecule has 178 valence electrons. The van der Waals surface area contributed by atoms with Gasteiger partial charge in [-0.2, -0.15) is 0 Å². The van der Waals surface area contributed by atoms with Gasteiger partial charge in [-0.05, 0) is 18.6 Å². The van der Waals surface area contributed by atoms with Crippen LogP contribution in [-0.2, 0) is 6.14 Å². The van der Waals surface area contributed by atoms with Gasteiger partial charge in [-0.15, -0.1) is 0 Å². The van der Waals surface area contributed by atoms with Crippen molar-refractivity contribution in [1.29, 1.82) is 0 Å². The summed E-state index contributed by atoms with van der Waals surface area (Å²) in [7, 11) is 0. The molecular weight excluding hydrogens is 507 g/mol. The van der Waals surface area contributed by atoms with Crippen molar-refractivity contribution >= 4 is 25.8 Å². The van der Waals surface area contributed by atoms with Gasteiger partial charge in [0.25, 0.3) is 0 Å². The molecule has 0 saturated heterocycles. The lowest BCUT2D eigenvalue weighted by molar-refractivity contribution is 0.0695. The third kappa shape index (κ3) is 13.1. The third-order valence-corrected chi connectivity index (χ3v) is 7.60. The number of unbranched alkanes of at least 4 members (excludes halogenated alkanes) is 15. The molecule has 0 saturated carbocycles. The Morgan fingerprint density at radius 3 is 1.65 bits per heavy atom. The van der Waals surface area contributed by atoms with Crippen molar-refractivity contribution < 1.29 is 20.8 Å². The number of benzene rings is 1. The molecule has 0 fully saturated rings. The SMILES string of the molecule is CCCCCCCCCCCCCCCCCCOc1cccc(C(=O)O)c1I(=O)=O. The maximum absolute atomic E-state index is 11.5. The van der Waals surface area contributed by atoms with E-state index in [0.717, 1.165) is 19.3 Å². The van der Waals surface area contributed by atoms with Crippen LogP contribution in [0.15, 0.2) is 18.2 Å². The highest BCUT2D eigenvalue weighted by Gasteiger charge is 2.19. The van der Waals surface area contributed by atoms with Crippen molar-refractivity contribution in [2.24, 2.45) is 0 Å². The highest BCUT2D eigenvalue weighted by atomic mass is 127. The monoisotopic (exact) mass is 548 g/mol. The Labute approximate surface area is 195 Å². The number of halogens is 1. The summed E-state index contributed by atoms with van der Waals surface area (Å²) in [6.07, 6.45) is 20.7. The Morgan fingerprint density at radius 2 is 1.23 bits per heavy atom. The first kappa shape index (κ1) is 27.9. The number of ether oxygens (including phenoxy) is 1. The number of aromatic carboxylic acids is 1. The molecule has 0 unspecified atom stereocenters. The van der Waals surface area contributed by atoms with Crippen molar-refractivity contribution in [2.75, 3.05) is 6.61 Å². The van der Waals surface area contributed by atoms with Gasteiger partial charge in [0.2, 0.25) is 0 Å². The molecule has 0 amide bonds. The van der Waals surface area contributed by atoms with Crippen molar-refractivity contribution in [3.05, 3.63) is 27.3 Å². The molecule has 0 aliphatic rings. The molecule has 1 aromatic carbocycles. The molecule has 0 aliphatic carbocycles. The van der Waals surface area contributed by atoms with Crippen LogP contribution in [0.3, 0.4) is 0 Å². The van der Waals surface area contributed by atoms with E-state index in [1.165, 1.54) is 102 Å². The third-order valence-electron chi connectivity index (χ3n) is 5.60. The largest absolute Gasteiger partial charge is 0.492 e. The standard InChI is InChI=1S/C25H41IO5/c1-2-3-4-5-6-7-8-9-10-11-12-13-14-15-16-17-21-31-23-20-18-19-22(25(27)28)24(23)26(29)30/h18-20H,2-17,21H2,1H3,(H,27,28). The predicted octanol–water partition coefficient (Wildman–Crippen LogP) is 8.39. The molecule has 5 nitrogen and oxygen atoms in total. The molecule has 31 heavy (non-hydrogen) atoms. The normalized spacial score (nSPS) is 11.2. The molecular formula is C25H41IO5. The summed E-state index contributed by atoms with van der Waals surface area (Å²) in [4.78, 5) is 11.2. The summed E-state index contributed by atoms with van der Waals surface area (Å²) in [5.41, 5.74) is -0.195. The van der Waals surface area contributed by atoms with E-state index in [2.05, 4.69) is 6.92 Å². The number of carboxylic acid groups (broad SMARTS) is 1. The Balaban J connectivity index is 2.00. The fourth-order valence-corrected chi connectivity index (χ4v) is 5.43. The highest BCUT2D eigenvalue weighted by Crippen LogP contribution is 2.31. The second kappa shape index (κ2) is 18.4. The van der Waals surface area contributed by atoms with Gasteiger partial charge in [-0.25, -0.2) is 10.9 Å². The Hall–Kier alpha value is -1.18. The fourth-order valence-electron chi connectivity index (χ4n) is 3.78. The van der Waals surface area contributed by atoms with Crippen LogP contribution in [0.2, 0.25) is 0 Å². The van der Waals surface area contributed by atoms with Crippen molar-refractivity contribution in [2.45, 2.75) is 110 Å². The highest BCUT2D eigenvalue weighted by molar-refractivity contribution is 14.2. The minimum absolute atomic E-state index is 0.143. The number of rotatable bonds is 20. The van der Waals surface area contributed by atoms with Crippen LogP contribution in [-0.4, -0.2) is 17.7 Å². The lowest BCUT2D eigenvalue weighted by Crippen LogP contribution is -2.05. The van der Waals surface area contributed by atoms with Gasteiger partial charge < -0.3 is 9.84 Å². The lowest BCUT2D eigenvalue weighted by atomic mass is 10.0. The molecule has 6 heteroatoms. The zero-order valence-corrected chi connectivity index (χ0v) is 21.4. The Morgan fingerprint density at radius 1 is 0.774 bits per heavy atom. The van der Waals surface area contributed by atoms with E-state index in [0.29, 0.717) is 6.61 Å². The first-order valence-corrected chi connectivity index (χ1v) is 15.0. The summed E-state index contributed by atoms with van der Waals surface area (Å²) in [5, 5.41) is 9.15. The van der Waals surface area contributed by atoms with E-state index in [1.54, 1.807) is 0 Å². The van der Waals surface area contributed by atoms with Gasteiger partial charge in [0.15, 0.2) is 0 Å². The topological polar surface area (TPSA) is 80.7 Å². The van der Waals surface area contributed by atoms with Gasteiger partial charge >= 0.3 is 25.8 Å². The van der Waals surface area contributed by atoms with Crippen molar-refractivity contribution in [3.8, 4) is 5.75 Å². The fraction of sp³-hybridized carbons (Fsp3) is 0.720. The summed E-state index contributed by atoms with van der Waals surface area (Å²) in [6, 6.07) is 4.36. The zero-order valence-electron chi connectivity index (χ0n) is 19.2. The van der Waals surface area contributed by atoms with E-state index in [1.807, 2.05) is 0 Å². The quantitative estimate of drug-likeness (QED) is 0.131.